The number of rotatable bonds is 4. The Morgan fingerprint density at radius 3 is 2.70 bits per heavy atom. The zero-order valence-corrected chi connectivity index (χ0v) is 12.8. The van der Waals surface area contributed by atoms with Crippen molar-refractivity contribution in [2.75, 3.05) is 12.9 Å². The molecule has 1 aliphatic heterocycles. The number of carbonyl (C=O) groups excluding carboxylic acids is 1. The van der Waals surface area contributed by atoms with E-state index in [4.69, 9.17) is 10.00 Å². The molecule has 0 spiro atoms. The molecule has 1 amide bonds. The number of ether oxygens (including phenoxy) is 1. The minimum atomic E-state index is -0.303. The second kappa shape index (κ2) is 6.73. The molecular formula is C14H14N2O2S2. The molecule has 2 rings (SSSR count). The Hall–Kier alpha value is -1.58. The van der Waals surface area contributed by atoms with Crippen LogP contribution in [-0.4, -0.2) is 18.8 Å². The number of carbonyl (C=O) groups is 1. The van der Waals surface area contributed by atoms with Gasteiger partial charge in [0.15, 0.2) is 0 Å². The lowest BCUT2D eigenvalue weighted by atomic mass is 10.2. The van der Waals surface area contributed by atoms with Crippen molar-refractivity contribution in [3.05, 3.63) is 39.6 Å². The van der Waals surface area contributed by atoms with E-state index in [-0.39, 0.29) is 16.9 Å². The molecule has 1 aliphatic rings. The third-order valence-electron chi connectivity index (χ3n) is 2.72. The number of hydrogen-bond acceptors (Lipinski definition) is 5. The number of nitrogens with zero attached hydrogens (tertiary/aromatic N) is 1. The minimum Gasteiger partial charge on any atom is -0.497 e. The Bertz CT molecular complexity index is 576. The second-order valence-electron chi connectivity index (χ2n) is 3.95. The Balaban J connectivity index is 2.25. The average Bonchev–Trinajstić information content (AvgIpc) is 2.47. The highest BCUT2D eigenvalue weighted by Crippen LogP contribution is 2.43. The summed E-state index contributed by atoms with van der Waals surface area (Å²) in [5, 5.41) is 11.8. The summed E-state index contributed by atoms with van der Waals surface area (Å²) in [5.74, 6) is 1.30. The molecule has 1 heterocycles. The number of benzene rings is 1. The Kier molecular flexibility index (Phi) is 4.99. The Morgan fingerprint density at radius 1 is 1.45 bits per heavy atom. The Labute approximate surface area is 126 Å². The van der Waals surface area contributed by atoms with Crippen LogP contribution in [0.4, 0.5) is 0 Å². The molecule has 1 unspecified atom stereocenters. The molecule has 0 saturated carbocycles. The zero-order valence-electron chi connectivity index (χ0n) is 11.2. The summed E-state index contributed by atoms with van der Waals surface area (Å²) < 4.78 is 5.91. The molecule has 0 fully saturated rings. The first-order chi connectivity index (χ1) is 9.69. The monoisotopic (exact) mass is 306 g/mol. The number of nitriles is 1. The van der Waals surface area contributed by atoms with Gasteiger partial charge in [-0.1, -0.05) is 30.8 Å². The van der Waals surface area contributed by atoms with Gasteiger partial charge in [-0.05, 0) is 23.4 Å². The van der Waals surface area contributed by atoms with Crippen LogP contribution in [0.3, 0.4) is 0 Å². The van der Waals surface area contributed by atoms with E-state index in [1.165, 1.54) is 23.5 Å². The molecule has 6 heteroatoms. The maximum Gasteiger partial charge on any atom is 0.264 e. The van der Waals surface area contributed by atoms with E-state index in [1.54, 1.807) is 7.11 Å². The number of nitrogens with one attached hydrogen (secondary N) is 1. The van der Waals surface area contributed by atoms with Gasteiger partial charge in [0.1, 0.15) is 22.8 Å². The van der Waals surface area contributed by atoms with Crippen LogP contribution in [0.5, 0.6) is 5.75 Å². The van der Waals surface area contributed by atoms with Crippen LogP contribution in [-0.2, 0) is 4.79 Å². The van der Waals surface area contributed by atoms with Crippen molar-refractivity contribution in [1.82, 2.24) is 5.32 Å². The van der Waals surface area contributed by atoms with Crippen LogP contribution < -0.4 is 10.1 Å². The van der Waals surface area contributed by atoms with Crippen LogP contribution >= 0.6 is 23.5 Å². The lowest BCUT2D eigenvalue weighted by molar-refractivity contribution is -0.117. The summed E-state index contributed by atoms with van der Waals surface area (Å²) in [6.07, 6.45) is 0. The van der Waals surface area contributed by atoms with Gasteiger partial charge in [0.05, 0.1) is 11.3 Å². The summed E-state index contributed by atoms with van der Waals surface area (Å²) in [6.45, 7) is 2.00. The van der Waals surface area contributed by atoms with Gasteiger partial charge in [0.2, 0.25) is 0 Å². The normalized spacial score (nSPS) is 18.4. The van der Waals surface area contributed by atoms with E-state index in [2.05, 4.69) is 5.32 Å². The maximum atomic E-state index is 12.0. The minimum absolute atomic E-state index is 0.167. The topological polar surface area (TPSA) is 62.1 Å². The molecule has 20 heavy (non-hydrogen) atoms. The molecule has 1 aromatic carbocycles. The van der Waals surface area contributed by atoms with Gasteiger partial charge in [-0.15, -0.1) is 11.8 Å². The van der Waals surface area contributed by atoms with E-state index < -0.39 is 0 Å². The van der Waals surface area contributed by atoms with Crippen LogP contribution in [0, 0.1) is 11.3 Å². The highest BCUT2D eigenvalue weighted by atomic mass is 32.2. The molecule has 0 aliphatic carbocycles. The van der Waals surface area contributed by atoms with Gasteiger partial charge < -0.3 is 10.1 Å². The predicted molar refractivity (Wildman–Crippen MR) is 82.2 cm³/mol. The first-order valence-electron chi connectivity index (χ1n) is 6.08. The number of methoxy groups -OCH3 is 1. The van der Waals surface area contributed by atoms with Crippen molar-refractivity contribution in [2.24, 2.45) is 0 Å². The second-order valence-corrected chi connectivity index (χ2v) is 6.60. The fraction of sp³-hybridized carbons (Fsp3) is 0.286. The molecule has 104 valence electrons. The van der Waals surface area contributed by atoms with Crippen LogP contribution in [0.15, 0.2) is 34.1 Å². The van der Waals surface area contributed by atoms with Crippen molar-refractivity contribution in [1.29, 1.82) is 5.26 Å². The van der Waals surface area contributed by atoms with Gasteiger partial charge in [-0.25, -0.2) is 0 Å². The molecule has 4 nitrogen and oxygen atoms in total. The van der Waals surface area contributed by atoms with Crippen molar-refractivity contribution in [3.63, 3.8) is 0 Å². The molecule has 1 N–H and O–H groups in total. The predicted octanol–water partition coefficient (Wildman–Crippen LogP) is 3.05. The molecule has 1 atom stereocenters. The number of hydrogen-bond donors (Lipinski definition) is 1. The van der Waals surface area contributed by atoms with E-state index in [1.807, 2.05) is 37.3 Å². The van der Waals surface area contributed by atoms with Crippen molar-refractivity contribution in [3.8, 4) is 11.8 Å². The molecule has 0 saturated heterocycles. The maximum absolute atomic E-state index is 12.0. The summed E-state index contributed by atoms with van der Waals surface area (Å²) in [5.41, 5.74) is 1.20. The summed E-state index contributed by atoms with van der Waals surface area (Å²) in [4.78, 5) is 12.0. The number of amides is 1. The SMILES string of the molecule is CCSC1=C(C#N)C(=O)NC(c2ccc(OC)cc2)S1. The van der Waals surface area contributed by atoms with Crippen LogP contribution in [0.25, 0.3) is 0 Å². The van der Waals surface area contributed by atoms with Crippen molar-refractivity contribution < 1.29 is 9.53 Å². The Morgan fingerprint density at radius 2 is 2.15 bits per heavy atom. The van der Waals surface area contributed by atoms with Gasteiger partial charge in [-0.2, -0.15) is 5.26 Å². The number of thioether (sulfide) groups is 2. The zero-order chi connectivity index (χ0) is 14.5. The van der Waals surface area contributed by atoms with E-state index in [0.717, 1.165) is 21.3 Å². The lowest BCUT2D eigenvalue weighted by Gasteiger charge is -2.25. The summed E-state index contributed by atoms with van der Waals surface area (Å²) in [7, 11) is 1.62. The van der Waals surface area contributed by atoms with Crippen LogP contribution in [0.2, 0.25) is 0 Å². The fourth-order valence-electron chi connectivity index (χ4n) is 1.74. The highest BCUT2D eigenvalue weighted by Gasteiger charge is 2.28. The quantitative estimate of drug-likeness (QED) is 0.926. The van der Waals surface area contributed by atoms with Gasteiger partial charge >= 0.3 is 0 Å². The standard InChI is InChI=1S/C14H14N2O2S2/c1-3-19-14-11(8-15)12(17)16-13(20-14)9-4-6-10(18-2)7-5-9/h4-7,13H,3H2,1-2H3,(H,16,17). The van der Waals surface area contributed by atoms with Gasteiger partial charge in [-0.3, -0.25) is 4.79 Å². The lowest BCUT2D eigenvalue weighted by Crippen LogP contribution is -2.31. The van der Waals surface area contributed by atoms with Gasteiger partial charge in [0, 0.05) is 0 Å². The van der Waals surface area contributed by atoms with Crippen molar-refractivity contribution >= 4 is 29.4 Å². The summed E-state index contributed by atoms with van der Waals surface area (Å²) in [6, 6.07) is 9.54. The van der Waals surface area contributed by atoms with Crippen molar-refractivity contribution in [2.45, 2.75) is 12.3 Å². The first kappa shape index (κ1) is 14.8. The van der Waals surface area contributed by atoms with Gasteiger partial charge in [0.25, 0.3) is 5.91 Å². The van der Waals surface area contributed by atoms with E-state index in [0.29, 0.717) is 0 Å². The molecule has 0 bridgehead atoms. The molecule has 0 radical (unpaired) electrons. The third-order valence-corrected chi connectivity index (χ3v) is 5.17. The molecule has 0 aromatic heterocycles. The highest BCUT2D eigenvalue weighted by molar-refractivity contribution is 8.22. The van der Waals surface area contributed by atoms with E-state index in [9.17, 15) is 4.79 Å². The summed E-state index contributed by atoms with van der Waals surface area (Å²) >= 11 is 3.04. The van der Waals surface area contributed by atoms with Crippen LogP contribution in [0.1, 0.15) is 17.9 Å². The molecular weight excluding hydrogens is 292 g/mol. The smallest absolute Gasteiger partial charge is 0.264 e. The largest absolute Gasteiger partial charge is 0.497 e. The average molecular weight is 306 g/mol. The first-order valence-corrected chi connectivity index (χ1v) is 7.94. The fourth-order valence-corrected chi connectivity index (χ4v) is 4.13. The van der Waals surface area contributed by atoms with E-state index >= 15 is 0 Å². The third kappa shape index (κ3) is 3.11. The molecule has 1 aromatic rings.